The first-order valence-corrected chi connectivity index (χ1v) is 8.43. The van der Waals surface area contributed by atoms with Crippen LogP contribution in [-0.2, 0) is 10.0 Å². The van der Waals surface area contributed by atoms with Crippen molar-refractivity contribution in [3.05, 3.63) is 30.1 Å². The van der Waals surface area contributed by atoms with Gasteiger partial charge in [-0.15, -0.1) is 0 Å². The van der Waals surface area contributed by atoms with Crippen LogP contribution in [0.3, 0.4) is 0 Å². The normalized spacial score (nSPS) is 31.2. The summed E-state index contributed by atoms with van der Waals surface area (Å²) in [5.74, 6) is 0.00993. The van der Waals surface area contributed by atoms with Crippen molar-refractivity contribution in [2.24, 2.45) is 17.6 Å². The van der Waals surface area contributed by atoms with Crippen LogP contribution in [0.15, 0.2) is 29.2 Å². The molecule has 0 radical (unpaired) electrons. The molecular formula is C14H19FN2O2S. The van der Waals surface area contributed by atoms with Crippen molar-refractivity contribution >= 4 is 10.0 Å². The van der Waals surface area contributed by atoms with Gasteiger partial charge in [0.05, 0.1) is 0 Å². The van der Waals surface area contributed by atoms with Gasteiger partial charge >= 0.3 is 0 Å². The largest absolute Gasteiger partial charge is 0.328 e. The van der Waals surface area contributed by atoms with E-state index in [0.29, 0.717) is 24.9 Å². The minimum absolute atomic E-state index is 0.173. The number of nitrogens with zero attached hydrogens (tertiary/aromatic N) is 1. The molecule has 2 aliphatic rings. The van der Waals surface area contributed by atoms with Crippen LogP contribution in [0.5, 0.6) is 0 Å². The molecule has 1 saturated carbocycles. The van der Waals surface area contributed by atoms with Gasteiger partial charge in [-0.05, 0) is 43.2 Å². The quantitative estimate of drug-likeness (QED) is 0.901. The molecule has 0 spiro atoms. The molecule has 2 N–H and O–H groups in total. The van der Waals surface area contributed by atoms with E-state index in [1.807, 2.05) is 0 Å². The molecule has 1 aromatic carbocycles. The lowest BCUT2D eigenvalue weighted by Crippen LogP contribution is -2.32. The van der Waals surface area contributed by atoms with Crippen LogP contribution in [0, 0.1) is 17.7 Å². The standard InChI is InChI=1S/C14H19FN2O2S/c15-13-3-1-2-4-14(13)20(18,19)17-8-10-5-6-12(16)7-11(10)9-17/h1-4,10-12H,5-9,16H2/t10-,11+,12?/m1/s1. The van der Waals surface area contributed by atoms with Gasteiger partial charge < -0.3 is 5.73 Å². The SMILES string of the molecule is NC1CC[C@@H]2CN(S(=O)(=O)c3ccccc3F)C[C@@H]2C1. The first-order valence-electron chi connectivity index (χ1n) is 6.98. The zero-order chi connectivity index (χ0) is 14.3. The highest BCUT2D eigenvalue weighted by Gasteiger charge is 2.42. The third-order valence-electron chi connectivity index (χ3n) is 4.51. The maximum absolute atomic E-state index is 13.7. The van der Waals surface area contributed by atoms with Gasteiger partial charge in [0.2, 0.25) is 10.0 Å². The van der Waals surface area contributed by atoms with Crippen molar-refractivity contribution in [1.82, 2.24) is 4.31 Å². The zero-order valence-corrected chi connectivity index (χ0v) is 12.0. The van der Waals surface area contributed by atoms with E-state index in [2.05, 4.69) is 0 Å². The maximum Gasteiger partial charge on any atom is 0.246 e. The Morgan fingerprint density at radius 3 is 2.60 bits per heavy atom. The van der Waals surface area contributed by atoms with E-state index in [4.69, 9.17) is 5.73 Å². The second kappa shape index (κ2) is 5.09. The van der Waals surface area contributed by atoms with Crippen molar-refractivity contribution in [3.8, 4) is 0 Å². The van der Waals surface area contributed by atoms with Crippen LogP contribution in [0.2, 0.25) is 0 Å². The van der Waals surface area contributed by atoms with Crippen molar-refractivity contribution in [3.63, 3.8) is 0 Å². The molecule has 1 unspecified atom stereocenters. The van der Waals surface area contributed by atoms with Gasteiger partial charge in [0.25, 0.3) is 0 Å². The van der Waals surface area contributed by atoms with Crippen LogP contribution in [-0.4, -0.2) is 31.9 Å². The van der Waals surface area contributed by atoms with E-state index in [1.54, 1.807) is 6.07 Å². The summed E-state index contributed by atoms with van der Waals surface area (Å²) in [6.07, 6.45) is 2.79. The molecule has 0 aromatic heterocycles. The highest BCUT2D eigenvalue weighted by atomic mass is 32.2. The molecule has 1 aromatic rings. The third-order valence-corrected chi connectivity index (χ3v) is 6.38. The smallest absolute Gasteiger partial charge is 0.246 e. The lowest BCUT2D eigenvalue weighted by Gasteiger charge is -2.28. The third kappa shape index (κ3) is 2.36. The number of hydrogen-bond donors (Lipinski definition) is 1. The van der Waals surface area contributed by atoms with Crippen molar-refractivity contribution < 1.29 is 12.8 Å². The summed E-state index contributed by atoms with van der Waals surface area (Å²) in [7, 11) is -3.73. The molecule has 1 saturated heterocycles. The van der Waals surface area contributed by atoms with Crippen molar-refractivity contribution in [2.75, 3.05) is 13.1 Å². The molecule has 20 heavy (non-hydrogen) atoms. The molecule has 1 aliphatic carbocycles. The second-order valence-corrected chi connectivity index (χ2v) is 7.75. The van der Waals surface area contributed by atoms with E-state index in [-0.39, 0.29) is 10.9 Å². The number of nitrogens with two attached hydrogens (primary N) is 1. The molecule has 3 rings (SSSR count). The Kier molecular flexibility index (Phi) is 3.56. The maximum atomic E-state index is 13.7. The molecular weight excluding hydrogens is 279 g/mol. The number of hydrogen-bond acceptors (Lipinski definition) is 3. The Hall–Kier alpha value is -0.980. The molecule has 0 bridgehead atoms. The number of sulfonamides is 1. The summed E-state index contributed by atoms with van der Waals surface area (Å²) in [5, 5.41) is 0. The van der Waals surface area contributed by atoms with Gasteiger partial charge in [0, 0.05) is 19.1 Å². The molecule has 3 atom stereocenters. The van der Waals surface area contributed by atoms with Crippen LogP contribution >= 0.6 is 0 Å². The van der Waals surface area contributed by atoms with Crippen LogP contribution in [0.4, 0.5) is 4.39 Å². The van der Waals surface area contributed by atoms with Gasteiger partial charge in [0.15, 0.2) is 0 Å². The van der Waals surface area contributed by atoms with E-state index in [1.165, 1.54) is 22.5 Å². The Labute approximate surface area is 118 Å². The fourth-order valence-corrected chi connectivity index (χ4v) is 5.03. The van der Waals surface area contributed by atoms with Gasteiger partial charge in [-0.1, -0.05) is 12.1 Å². The minimum Gasteiger partial charge on any atom is -0.328 e. The molecule has 1 aliphatic heterocycles. The van der Waals surface area contributed by atoms with Crippen LogP contribution in [0.1, 0.15) is 19.3 Å². The summed E-state index contributed by atoms with van der Waals surface area (Å²) in [4.78, 5) is -0.219. The fraction of sp³-hybridized carbons (Fsp3) is 0.571. The average Bonchev–Trinajstić information content (AvgIpc) is 2.82. The molecule has 0 amide bonds. The number of benzene rings is 1. The van der Waals surface area contributed by atoms with Crippen molar-refractivity contribution in [2.45, 2.75) is 30.2 Å². The van der Waals surface area contributed by atoms with Crippen LogP contribution < -0.4 is 5.73 Å². The van der Waals surface area contributed by atoms with Gasteiger partial charge in [-0.2, -0.15) is 4.31 Å². The van der Waals surface area contributed by atoms with Crippen molar-refractivity contribution in [1.29, 1.82) is 0 Å². The Balaban J connectivity index is 1.85. The Bertz CT molecular complexity index is 605. The predicted octanol–water partition coefficient (Wildman–Crippen LogP) is 1.57. The number of rotatable bonds is 2. The number of fused-ring (bicyclic) bond motifs is 1. The lowest BCUT2D eigenvalue weighted by atomic mass is 9.79. The monoisotopic (exact) mass is 298 g/mol. The molecule has 4 nitrogen and oxygen atoms in total. The van der Waals surface area contributed by atoms with Gasteiger partial charge in [-0.3, -0.25) is 0 Å². The minimum atomic E-state index is -3.73. The lowest BCUT2D eigenvalue weighted by molar-refractivity contribution is 0.271. The first kappa shape index (κ1) is 14.0. The summed E-state index contributed by atoms with van der Waals surface area (Å²) >= 11 is 0. The fourth-order valence-electron chi connectivity index (χ4n) is 3.41. The predicted molar refractivity (Wildman–Crippen MR) is 74.0 cm³/mol. The molecule has 6 heteroatoms. The topological polar surface area (TPSA) is 63.4 Å². The van der Waals surface area contributed by atoms with Crippen LogP contribution in [0.25, 0.3) is 0 Å². The van der Waals surface area contributed by atoms with E-state index in [9.17, 15) is 12.8 Å². The summed E-state index contributed by atoms with van der Waals surface area (Å²) in [5.41, 5.74) is 5.95. The highest BCUT2D eigenvalue weighted by molar-refractivity contribution is 7.89. The molecule has 2 fully saturated rings. The molecule has 1 heterocycles. The van der Waals surface area contributed by atoms with E-state index < -0.39 is 15.8 Å². The number of halogens is 1. The van der Waals surface area contributed by atoms with E-state index in [0.717, 1.165) is 19.3 Å². The Morgan fingerprint density at radius 2 is 1.85 bits per heavy atom. The Morgan fingerprint density at radius 1 is 1.15 bits per heavy atom. The summed E-state index contributed by atoms with van der Waals surface area (Å²) in [6, 6.07) is 5.74. The van der Waals surface area contributed by atoms with Gasteiger partial charge in [-0.25, -0.2) is 12.8 Å². The first-order chi connectivity index (χ1) is 9.48. The second-order valence-electron chi connectivity index (χ2n) is 5.85. The summed E-state index contributed by atoms with van der Waals surface area (Å²) in [6.45, 7) is 0.961. The zero-order valence-electron chi connectivity index (χ0n) is 11.2. The van der Waals surface area contributed by atoms with Gasteiger partial charge in [0.1, 0.15) is 10.7 Å². The molecule has 110 valence electrons. The average molecular weight is 298 g/mol. The van der Waals surface area contributed by atoms with E-state index >= 15 is 0 Å². The highest BCUT2D eigenvalue weighted by Crippen LogP contribution is 2.38. The summed E-state index contributed by atoms with van der Waals surface area (Å²) < 4.78 is 40.2.